The highest BCUT2D eigenvalue weighted by Gasteiger charge is 2.30. The Morgan fingerprint density at radius 2 is 1.89 bits per heavy atom. The van der Waals surface area contributed by atoms with E-state index < -0.39 is 12.1 Å². The highest BCUT2D eigenvalue weighted by Crippen LogP contribution is 2.36. The van der Waals surface area contributed by atoms with Crippen LogP contribution in [0.15, 0.2) is 12.1 Å². The van der Waals surface area contributed by atoms with E-state index in [-0.39, 0.29) is 22.5 Å². The molecule has 0 aromatic heterocycles. The van der Waals surface area contributed by atoms with Crippen LogP contribution < -0.4 is 14.8 Å². The van der Waals surface area contributed by atoms with E-state index in [9.17, 15) is 9.59 Å². The maximum Gasteiger partial charge on any atom is 0.339 e. The summed E-state index contributed by atoms with van der Waals surface area (Å²) in [7, 11) is 2.91. The molecule has 0 heterocycles. The van der Waals surface area contributed by atoms with Gasteiger partial charge in [0.25, 0.3) is 5.91 Å². The van der Waals surface area contributed by atoms with Gasteiger partial charge >= 0.3 is 5.97 Å². The van der Waals surface area contributed by atoms with E-state index in [1.54, 1.807) is 6.92 Å². The molecule has 0 radical (unpaired) electrons. The molecule has 1 aliphatic rings. The molecule has 1 aromatic carbocycles. The number of rotatable bonds is 6. The van der Waals surface area contributed by atoms with Gasteiger partial charge in [-0.15, -0.1) is 0 Å². The van der Waals surface area contributed by atoms with Crippen LogP contribution in [0.2, 0.25) is 5.02 Å². The highest BCUT2D eigenvalue weighted by atomic mass is 35.5. The van der Waals surface area contributed by atoms with E-state index in [0.717, 1.165) is 12.8 Å². The molecule has 1 fully saturated rings. The van der Waals surface area contributed by atoms with Crippen LogP contribution >= 0.6 is 11.6 Å². The molecule has 6 nitrogen and oxygen atoms in total. The smallest absolute Gasteiger partial charge is 0.339 e. The molecule has 2 rings (SSSR count). The first kappa shape index (κ1) is 21.4. The van der Waals surface area contributed by atoms with Crippen LogP contribution in [0.1, 0.15) is 50.4 Å². The molecule has 1 aliphatic carbocycles. The van der Waals surface area contributed by atoms with E-state index in [0.29, 0.717) is 23.3 Å². The fourth-order valence-corrected chi connectivity index (χ4v) is 3.69. The van der Waals surface area contributed by atoms with E-state index in [2.05, 4.69) is 19.2 Å². The number of esters is 1. The standard InChI is InChI=1S/C20H28ClNO5/c1-11-7-6-8-16(12(11)2)22-19(23)13(3)27-20(24)14-9-15(21)18(26-5)17(10-14)25-4/h9-13,16H,6-8H2,1-5H3,(H,22,23)/t11-,12+,13+,16+/m0/s1. The first-order chi connectivity index (χ1) is 12.8. The Morgan fingerprint density at radius 1 is 1.19 bits per heavy atom. The summed E-state index contributed by atoms with van der Waals surface area (Å²) in [6, 6.07) is 3.02. The van der Waals surface area contributed by atoms with Crippen molar-refractivity contribution in [1.82, 2.24) is 5.32 Å². The summed E-state index contributed by atoms with van der Waals surface area (Å²) in [6.07, 6.45) is 2.31. The maximum absolute atomic E-state index is 12.5. The number of benzene rings is 1. The average Bonchev–Trinajstić information content (AvgIpc) is 2.64. The maximum atomic E-state index is 12.5. The number of ether oxygens (including phenoxy) is 3. The summed E-state index contributed by atoms with van der Waals surface area (Å²) >= 11 is 6.12. The normalized spacial score (nSPS) is 23.3. The molecule has 27 heavy (non-hydrogen) atoms. The van der Waals surface area contributed by atoms with Crippen LogP contribution in [0.25, 0.3) is 0 Å². The minimum Gasteiger partial charge on any atom is -0.493 e. The Bertz CT molecular complexity index is 693. The van der Waals surface area contributed by atoms with Crippen LogP contribution in [0.3, 0.4) is 0 Å². The third-order valence-corrected chi connectivity index (χ3v) is 5.64. The van der Waals surface area contributed by atoms with Crippen LogP contribution in [-0.4, -0.2) is 38.2 Å². The van der Waals surface area contributed by atoms with Gasteiger partial charge in [0.15, 0.2) is 17.6 Å². The second-order valence-corrected chi connectivity index (χ2v) is 7.53. The molecular weight excluding hydrogens is 370 g/mol. The van der Waals surface area contributed by atoms with Crippen molar-refractivity contribution in [1.29, 1.82) is 0 Å². The molecular formula is C20H28ClNO5. The number of hydrogen-bond donors (Lipinski definition) is 1. The Balaban J connectivity index is 2.02. The molecule has 0 aliphatic heterocycles. The Kier molecular flexibility index (Phi) is 7.36. The van der Waals surface area contributed by atoms with Crippen molar-refractivity contribution in [2.75, 3.05) is 14.2 Å². The molecule has 0 bridgehead atoms. The zero-order chi connectivity index (χ0) is 20.1. The van der Waals surface area contributed by atoms with Gasteiger partial charge in [-0.1, -0.05) is 38.3 Å². The van der Waals surface area contributed by atoms with Crippen molar-refractivity contribution in [3.05, 3.63) is 22.7 Å². The predicted octanol–water partition coefficient (Wildman–Crippen LogP) is 3.84. The lowest BCUT2D eigenvalue weighted by atomic mass is 9.78. The van der Waals surface area contributed by atoms with E-state index in [1.165, 1.54) is 32.8 Å². The van der Waals surface area contributed by atoms with Gasteiger partial charge in [-0.3, -0.25) is 4.79 Å². The van der Waals surface area contributed by atoms with E-state index >= 15 is 0 Å². The molecule has 1 amide bonds. The number of carbonyl (C=O) groups is 2. The summed E-state index contributed by atoms with van der Waals surface area (Å²) < 4.78 is 15.7. The molecule has 1 saturated carbocycles. The molecule has 0 spiro atoms. The zero-order valence-electron chi connectivity index (χ0n) is 16.5. The fourth-order valence-electron chi connectivity index (χ4n) is 3.40. The van der Waals surface area contributed by atoms with Gasteiger partial charge < -0.3 is 19.5 Å². The van der Waals surface area contributed by atoms with Gasteiger partial charge in [0, 0.05) is 6.04 Å². The lowest BCUT2D eigenvalue weighted by Gasteiger charge is -2.35. The van der Waals surface area contributed by atoms with E-state index in [1.807, 2.05) is 0 Å². The van der Waals surface area contributed by atoms with Crippen molar-refractivity contribution < 1.29 is 23.8 Å². The summed E-state index contributed by atoms with van der Waals surface area (Å²) in [5, 5.41) is 3.25. The number of methoxy groups -OCH3 is 2. The number of hydrogen-bond acceptors (Lipinski definition) is 5. The number of nitrogens with one attached hydrogen (secondary N) is 1. The van der Waals surface area contributed by atoms with Crippen LogP contribution in [-0.2, 0) is 9.53 Å². The SMILES string of the molecule is COc1cc(C(=O)O[C@H](C)C(=O)N[C@@H]2CCC[C@H](C)[C@H]2C)cc(Cl)c1OC. The minimum atomic E-state index is -0.909. The Labute approximate surface area is 165 Å². The van der Waals surface area contributed by atoms with Crippen molar-refractivity contribution in [2.45, 2.75) is 52.2 Å². The molecule has 4 atom stereocenters. The van der Waals surface area contributed by atoms with Gasteiger partial charge in [-0.2, -0.15) is 0 Å². The zero-order valence-corrected chi connectivity index (χ0v) is 17.3. The highest BCUT2D eigenvalue weighted by molar-refractivity contribution is 6.32. The van der Waals surface area contributed by atoms with Gasteiger partial charge in [0.2, 0.25) is 0 Å². The Hall–Kier alpha value is -1.95. The number of amides is 1. The molecule has 1 aromatic rings. The molecule has 150 valence electrons. The summed E-state index contributed by atoms with van der Waals surface area (Å²) in [5.74, 6) is 0.679. The van der Waals surface area contributed by atoms with Crippen molar-refractivity contribution in [3.8, 4) is 11.5 Å². The third kappa shape index (κ3) is 5.06. The quantitative estimate of drug-likeness (QED) is 0.738. The fraction of sp³-hybridized carbons (Fsp3) is 0.600. The first-order valence-corrected chi connectivity index (χ1v) is 9.59. The monoisotopic (exact) mass is 397 g/mol. The van der Waals surface area contributed by atoms with Crippen LogP contribution in [0.4, 0.5) is 0 Å². The Morgan fingerprint density at radius 3 is 2.52 bits per heavy atom. The molecule has 0 saturated heterocycles. The largest absolute Gasteiger partial charge is 0.493 e. The lowest BCUT2D eigenvalue weighted by Crippen LogP contribution is -2.47. The van der Waals surface area contributed by atoms with Gasteiger partial charge in [-0.25, -0.2) is 4.79 Å². The second-order valence-electron chi connectivity index (χ2n) is 7.12. The van der Waals surface area contributed by atoms with Gasteiger partial charge in [-0.05, 0) is 37.3 Å². The third-order valence-electron chi connectivity index (χ3n) is 5.36. The van der Waals surface area contributed by atoms with Crippen molar-refractivity contribution >= 4 is 23.5 Å². The summed E-state index contributed by atoms with van der Waals surface area (Å²) in [4.78, 5) is 24.9. The molecule has 7 heteroatoms. The second kappa shape index (κ2) is 9.31. The van der Waals surface area contributed by atoms with E-state index in [4.69, 9.17) is 25.8 Å². The average molecular weight is 398 g/mol. The first-order valence-electron chi connectivity index (χ1n) is 9.21. The predicted molar refractivity (Wildman–Crippen MR) is 104 cm³/mol. The van der Waals surface area contributed by atoms with Gasteiger partial charge in [0.05, 0.1) is 24.8 Å². The summed E-state index contributed by atoms with van der Waals surface area (Å²) in [6.45, 7) is 5.91. The minimum absolute atomic E-state index is 0.109. The number of carbonyl (C=O) groups excluding carboxylic acids is 2. The van der Waals surface area contributed by atoms with Gasteiger partial charge in [0.1, 0.15) is 0 Å². The molecule has 1 N–H and O–H groups in total. The van der Waals surface area contributed by atoms with Crippen LogP contribution in [0, 0.1) is 11.8 Å². The number of halogens is 1. The summed E-state index contributed by atoms with van der Waals surface area (Å²) in [5.41, 5.74) is 0.192. The topological polar surface area (TPSA) is 73.9 Å². The van der Waals surface area contributed by atoms with Crippen LogP contribution in [0.5, 0.6) is 11.5 Å². The lowest BCUT2D eigenvalue weighted by molar-refractivity contribution is -0.130. The molecule has 0 unspecified atom stereocenters. The van der Waals surface area contributed by atoms with Crippen molar-refractivity contribution in [2.24, 2.45) is 11.8 Å². The van der Waals surface area contributed by atoms with Crippen molar-refractivity contribution in [3.63, 3.8) is 0 Å².